The van der Waals surface area contributed by atoms with E-state index in [1.54, 1.807) is 36.4 Å². The highest BCUT2D eigenvalue weighted by Crippen LogP contribution is 2.36. The van der Waals surface area contributed by atoms with Crippen LogP contribution in [-0.4, -0.2) is 33.4 Å². The lowest BCUT2D eigenvalue weighted by molar-refractivity contribution is 0.00578. The van der Waals surface area contributed by atoms with Gasteiger partial charge in [-0.05, 0) is 64.1 Å². The van der Waals surface area contributed by atoms with Gasteiger partial charge in [-0.15, -0.1) is 0 Å². The number of aromatic nitrogens is 3. The highest BCUT2D eigenvalue weighted by molar-refractivity contribution is 6.60. The number of pyridine rings is 1. The Morgan fingerprint density at radius 3 is 2.52 bits per heavy atom. The maximum absolute atomic E-state index is 12.5. The summed E-state index contributed by atoms with van der Waals surface area (Å²) in [5, 5.41) is 5.27. The van der Waals surface area contributed by atoms with Gasteiger partial charge in [-0.3, -0.25) is 4.79 Å². The fourth-order valence-corrected chi connectivity index (χ4v) is 3.51. The zero-order chi connectivity index (χ0) is 22.0. The highest BCUT2D eigenvalue weighted by atomic mass is 35.5. The summed E-state index contributed by atoms with van der Waals surface area (Å²) in [6.45, 7) is 7.88. The second kappa shape index (κ2) is 6.81. The topological polar surface area (TPSA) is 103 Å². The summed E-state index contributed by atoms with van der Waals surface area (Å²) in [5.41, 5.74) is 0.0937. The zero-order valence-electron chi connectivity index (χ0n) is 17.4. The van der Waals surface area contributed by atoms with Gasteiger partial charge in [0.05, 0.1) is 11.2 Å². The third kappa shape index (κ3) is 3.38. The number of fused-ring (bicyclic) bond motifs is 1. The van der Waals surface area contributed by atoms with Gasteiger partial charge in [-0.1, -0.05) is 16.8 Å². The Morgan fingerprint density at radius 1 is 1.03 bits per heavy atom. The van der Waals surface area contributed by atoms with Crippen molar-refractivity contribution in [2.45, 2.75) is 38.9 Å². The van der Waals surface area contributed by atoms with E-state index in [9.17, 15) is 4.79 Å². The van der Waals surface area contributed by atoms with E-state index >= 15 is 0 Å². The molecule has 0 atom stereocenters. The van der Waals surface area contributed by atoms with Crippen molar-refractivity contribution in [3.63, 3.8) is 0 Å². The largest absolute Gasteiger partial charge is 0.532 e. The molecule has 5 rings (SSSR count). The van der Waals surface area contributed by atoms with Crippen molar-refractivity contribution in [2.24, 2.45) is 0 Å². The molecular formula is C21H19BClN3O5. The summed E-state index contributed by atoms with van der Waals surface area (Å²) in [6, 6.07) is 10.3. The molecule has 0 saturated carbocycles. The molecule has 0 unspecified atom stereocenters. The molecule has 10 heteroatoms. The first-order valence-electron chi connectivity index (χ1n) is 9.75. The zero-order valence-corrected chi connectivity index (χ0v) is 18.1. The minimum absolute atomic E-state index is 0.0757. The van der Waals surface area contributed by atoms with Crippen LogP contribution in [-0.2, 0) is 9.31 Å². The molecule has 4 aromatic rings. The van der Waals surface area contributed by atoms with E-state index in [-0.39, 0.29) is 22.8 Å². The monoisotopic (exact) mass is 439 g/mol. The summed E-state index contributed by atoms with van der Waals surface area (Å²) in [6.07, 6.45) is 0. The minimum Gasteiger partial charge on any atom is -0.461 e. The fraction of sp³-hybridized carbons (Fsp3) is 0.286. The number of nitrogens with one attached hydrogen (secondary N) is 1. The molecule has 1 aromatic carbocycles. The van der Waals surface area contributed by atoms with Gasteiger partial charge in [0, 0.05) is 15.9 Å². The Morgan fingerprint density at radius 2 is 1.77 bits per heavy atom. The third-order valence-electron chi connectivity index (χ3n) is 5.80. The normalized spacial score (nSPS) is 17.5. The van der Waals surface area contributed by atoms with Gasteiger partial charge in [-0.25, -0.2) is 0 Å². The molecule has 3 aromatic heterocycles. The highest BCUT2D eigenvalue weighted by Gasteiger charge is 2.53. The van der Waals surface area contributed by atoms with Crippen LogP contribution >= 0.6 is 11.6 Å². The second-order valence-corrected chi connectivity index (χ2v) is 8.89. The Hall–Kier alpha value is -2.88. The number of hydrogen-bond acceptors (Lipinski definition) is 7. The average molecular weight is 440 g/mol. The summed E-state index contributed by atoms with van der Waals surface area (Å²) in [4.78, 5) is 19.6. The number of H-pyrrole nitrogens is 1. The van der Waals surface area contributed by atoms with E-state index < -0.39 is 18.3 Å². The van der Waals surface area contributed by atoms with Crippen LogP contribution in [0.3, 0.4) is 0 Å². The minimum atomic E-state index is -0.641. The lowest BCUT2D eigenvalue weighted by atomic mass is 9.86. The number of halogens is 1. The van der Waals surface area contributed by atoms with Crippen LogP contribution in [0.5, 0.6) is 0 Å². The molecule has 0 spiro atoms. The summed E-state index contributed by atoms with van der Waals surface area (Å²) in [7, 11) is -0.641. The van der Waals surface area contributed by atoms with Gasteiger partial charge in [0.15, 0.2) is 5.76 Å². The van der Waals surface area contributed by atoms with Gasteiger partial charge in [0.25, 0.3) is 11.4 Å². The maximum Gasteiger partial charge on any atom is 0.532 e. The van der Waals surface area contributed by atoms with Crippen molar-refractivity contribution < 1.29 is 18.2 Å². The third-order valence-corrected chi connectivity index (χ3v) is 6.03. The molecule has 0 aliphatic carbocycles. The van der Waals surface area contributed by atoms with Crippen LogP contribution in [0.1, 0.15) is 27.7 Å². The second-order valence-electron chi connectivity index (χ2n) is 8.46. The van der Waals surface area contributed by atoms with Crippen molar-refractivity contribution in [1.82, 2.24) is 15.1 Å². The lowest BCUT2D eigenvalue weighted by Crippen LogP contribution is -2.41. The van der Waals surface area contributed by atoms with Gasteiger partial charge >= 0.3 is 7.12 Å². The predicted molar refractivity (Wildman–Crippen MR) is 116 cm³/mol. The first-order valence-corrected chi connectivity index (χ1v) is 10.1. The molecule has 1 N–H and O–H groups in total. The van der Waals surface area contributed by atoms with Gasteiger partial charge in [-0.2, -0.15) is 4.98 Å². The average Bonchev–Trinajstić information content (AvgIpc) is 3.40. The molecule has 0 amide bonds. The number of aromatic amines is 1. The summed E-state index contributed by atoms with van der Waals surface area (Å²) >= 11 is 6.06. The summed E-state index contributed by atoms with van der Waals surface area (Å²) < 4.78 is 23.2. The molecule has 0 bridgehead atoms. The van der Waals surface area contributed by atoms with Crippen molar-refractivity contribution in [3.8, 4) is 23.0 Å². The fourth-order valence-electron chi connectivity index (χ4n) is 3.33. The van der Waals surface area contributed by atoms with Gasteiger partial charge in [0.1, 0.15) is 11.2 Å². The molecule has 0 radical (unpaired) electrons. The molecule has 31 heavy (non-hydrogen) atoms. The van der Waals surface area contributed by atoms with Crippen LogP contribution in [0.2, 0.25) is 5.02 Å². The number of hydrogen-bond donors (Lipinski definition) is 1. The Bertz CT molecular complexity index is 1340. The molecule has 1 aliphatic heterocycles. The van der Waals surface area contributed by atoms with Gasteiger partial charge in [0.2, 0.25) is 5.82 Å². The SMILES string of the molecule is CC1(C)OB(c2ccc(-c3noc(-c4cc5cc(Cl)ccc5[nH]c4=O)n3)o2)OC1(C)C. The van der Waals surface area contributed by atoms with E-state index in [1.165, 1.54) is 0 Å². The molecule has 1 saturated heterocycles. The Labute approximate surface area is 182 Å². The molecular weight excluding hydrogens is 421 g/mol. The van der Waals surface area contributed by atoms with E-state index in [1.807, 2.05) is 27.7 Å². The van der Waals surface area contributed by atoms with E-state index in [2.05, 4.69) is 15.1 Å². The Kier molecular flexibility index (Phi) is 4.41. The quantitative estimate of drug-likeness (QED) is 0.484. The lowest BCUT2D eigenvalue weighted by Gasteiger charge is -2.32. The van der Waals surface area contributed by atoms with E-state index in [0.717, 1.165) is 5.39 Å². The number of rotatable bonds is 3. The molecule has 158 valence electrons. The van der Waals surface area contributed by atoms with Gasteiger partial charge < -0.3 is 23.2 Å². The first-order chi connectivity index (χ1) is 14.6. The van der Waals surface area contributed by atoms with E-state index in [0.29, 0.717) is 22.0 Å². The van der Waals surface area contributed by atoms with Crippen LogP contribution in [0, 0.1) is 0 Å². The number of nitrogens with zero attached hydrogens (tertiary/aromatic N) is 2. The smallest absolute Gasteiger partial charge is 0.461 e. The standard InChI is InChI=1S/C21H19BClN3O5/c1-20(2)21(3,4)31-22(30-20)16-8-7-15(28-16)17-25-19(29-26-17)13-10-11-9-12(23)5-6-14(11)24-18(13)27/h5-10H,1-4H3,(H,24,27). The maximum atomic E-state index is 12.5. The molecule has 1 aliphatic rings. The number of furan rings is 1. The van der Waals surface area contributed by atoms with Crippen molar-refractivity contribution in [3.05, 3.63) is 51.8 Å². The molecule has 1 fully saturated rings. The van der Waals surface area contributed by atoms with Crippen LogP contribution in [0.15, 0.2) is 50.1 Å². The predicted octanol–water partition coefficient (Wildman–Crippen LogP) is 3.79. The molecule has 8 nitrogen and oxygen atoms in total. The molecule has 4 heterocycles. The van der Waals surface area contributed by atoms with Crippen LogP contribution in [0.25, 0.3) is 33.9 Å². The van der Waals surface area contributed by atoms with Crippen LogP contribution < -0.4 is 11.2 Å². The van der Waals surface area contributed by atoms with E-state index in [4.69, 9.17) is 29.8 Å². The number of benzene rings is 1. The first kappa shape index (κ1) is 20.1. The summed E-state index contributed by atoms with van der Waals surface area (Å²) in [5.74, 6) is 0.662. The van der Waals surface area contributed by atoms with Crippen molar-refractivity contribution in [1.29, 1.82) is 0 Å². The van der Waals surface area contributed by atoms with Crippen LogP contribution in [0.4, 0.5) is 0 Å². The van der Waals surface area contributed by atoms with Crippen molar-refractivity contribution in [2.75, 3.05) is 0 Å². The van der Waals surface area contributed by atoms with Crippen molar-refractivity contribution >= 4 is 35.3 Å². The Balaban J connectivity index is 1.45.